The Morgan fingerprint density at radius 3 is 2.69 bits per heavy atom. The molecule has 2 unspecified atom stereocenters. The molecule has 2 atom stereocenters. The van der Waals surface area contributed by atoms with Crippen molar-refractivity contribution in [2.75, 3.05) is 0 Å². The van der Waals surface area contributed by atoms with Crippen molar-refractivity contribution in [2.45, 2.75) is 25.4 Å². The monoisotopic (exact) mass is 405 g/mol. The summed E-state index contributed by atoms with van der Waals surface area (Å²) in [6.07, 6.45) is 5.42. The molecule has 0 aliphatic carbocycles. The molecular weight excluding hydrogens is 386 g/mol. The van der Waals surface area contributed by atoms with Gasteiger partial charge in [-0.1, -0.05) is 30.3 Å². The summed E-state index contributed by atoms with van der Waals surface area (Å²) in [6.45, 7) is 1.92. The molecule has 0 fully saturated rings. The first-order valence-electron chi connectivity index (χ1n) is 9.13. The Morgan fingerprint density at radius 2 is 1.97 bits per heavy atom. The summed E-state index contributed by atoms with van der Waals surface area (Å²) in [5.41, 5.74) is 2.90. The van der Waals surface area contributed by atoms with Gasteiger partial charge in [0.1, 0.15) is 17.4 Å². The third-order valence-corrected chi connectivity index (χ3v) is 5.51. The second kappa shape index (κ2) is 8.70. The van der Waals surface area contributed by atoms with Gasteiger partial charge < -0.3 is 5.32 Å². The van der Waals surface area contributed by atoms with E-state index in [0.29, 0.717) is 6.42 Å². The normalized spacial score (nSPS) is 13.0. The zero-order valence-electron chi connectivity index (χ0n) is 15.7. The van der Waals surface area contributed by atoms with Gasteiger partial charge in [0.2, 0.25) is 5.91 Å². The number of hydrogen-bond donors (Lipinski definition) is 1. The summed E-state index contributed by atoms with van der Waals surface area (Å²) in [4.78, 5) is 21.7. The zero-order valence-corrected chi connectivity index (χ0v) is 16.5. The molecule has 4 rings (SSSR count). The lowest BCUT2D eigenvalue weighted by Crippen LogP contribution is -2.35. The van der Waals surface area contributed by atoms with Crippen LogP contribution >= 0.6 is 11.3 Å². The first-order valence-corrected chi connectivity index (χ1v) is 10.0. The highest BCUT2D eigenvalue weighted by Gasteiger charge is 2.25. The Bertz CT molecular complexity index is 1050. The van der Waals surface area contributed by atoms with E-state index in [4.69, 9.17) is 0 Å². The standard InChI is InChI=1S/C20H19N7OS/c1-14(20-24-17(12-29-20)16-7-9-21-10-8-16)23-19(28)18(27-13-22-25-26-27)11-15-5-3-2-4-6-15/h2-10,12-14,18H,11H2,1H3,(H,23,28). The van der Waals surface area contributed by atoms with Crippen molar-refractivity contribution in [3.63, 3.8) is 0 Å². The van der Waals surface area contributed by atoms with Gasteiger partial charge in [-0.15, -0.1) is 16.4 Å². The van der Waals surface area contributed by atoms with Crippen molar-refractivity contribution < 1.29 is 4.79 Å². The molecule has 1 aromatic carbocycles. The van der Waals surface area contributed by atoms with Gasteiger partial charge in [-0.3, -0.25) is 9.78 Å². The molecule has 0 aliphatic rings. The summed E-state index contributed by atoms with van der Waals surface area (Å²) in [5, 5.41) is 17.2. The predicted octanol–water partition coefficient (Wildman–Crippen LogP) is 2.85. The highest BCUT2D eigenvalue weighted by Crippen LogP contribution is 2.25. The number of carbonyl (C=O) groups excluding carboxylic acids is 1. The van der Waals surface area contributed by atoms with Crippen molar-refractivity contribution >= 4 is 17.2 Å². The van der Waals surface area contributed by atoms with Crippen molar-refractivity contribution in [1.29, 1.82) is 0 Å². The van der Waals surface area contributed by atoms with Gasteiger partial charge in [0.15, 0.2) is 0 Å². The van der Waals surface area contributed by atoms with Crippen LogP contribution in [-0.2, 0) is 11.2 Å². The lowest BCUT2D eigenvalue weighted by molar-refractivity contribution is -0.125. The Hall–Kier alpha value is -3.46. The number of pyridine rings is 1. The van der Waals surface area contributed by atoms with Crippen LogP contribution in [0.4, 0.5) is 0 Å². The quantitative estimate of drug-likeness (QED) is 0.508. The molecule has 4 aromatic rings. The maximum Gasteiger partial charge on any atom is 0.245 e. The maximum absolute atomic E-state index is 13.0. The fourth-order valence-corrected chi connectivity index (χ4v) is 3.80. The fourth-order valence-electron chi connectivity index (χ4n) is 2.97. The molecule has 29 heavy (non-hydrogen) atoms. The molecule has 0 bridgehead atoms. The van der Waals surface area contributed by atoms with Crippen molar-refractivity contribution in [3.05, 3.63) is 77.1 Å². The molecule has 0 saturated heterocycles. The number of aromatic nitrogens is 6. The number of thiazole rings is 1. The number of nitrogens with zero attached hydrogens (tertiary/aromatic N) is 6. The predicted molar refractivity (Wildman–Crippen MR) is 109 cm³/mol. The van der Waals surface area contributed by atoms with E-state index in [1.54, 1.807) is 12.4 Å². The minimum atomic E-state index is -0.547. The Labute approximate surface area is 171 Å². The van der Waals surface area contributed by atoms with Crippen LogP contribution < -0.4 is 5.32 Å². The highest BCUT2D eigenvalue weighted by atomic mass is 32.1. The van der Waals surface area contributed by atoms with Gasteiger partial charge >= 0.3 is 0 Å². The first kappa shape index (κ1) is 18.9. The van der Waals surface area contributed by atoms with Crippen LogP contribution in [0.5, 0.6) is 0 Å². The van der Waals surface area contributed by atoms with E-state index in [9.17, 15) is 4.79 Å². The average Bonchev–Trinajstić information content (AvgIpc) is 3.46. The molecule has 0 spiro atoms. The highest BCUT2D eigenvalue weighted by molar-refractivity contribution is 7.10. The van der Waals surface area contributed by atoms with E-state index >= 15 is 0 Å². The summed E-state index contributed by atoms with van der Waals surface area (Å²) >= 11 is 1.51. The van der Waals surface area contributed by atoms with E-state index in [2.05, 4.69) is 30.8 Å². The minimum absolute atomic E-state index is 0.158. The molecule has 1 N–H and O–H groups in total. The molecule has 0 aliphatic heterocycles. The Balaban J connectivity index is 1.49. The van der Waals surface area contributed by atoms with Crippen LogP contribution in [0.3, 0.4) is 0 Å². The molecule has 0 saturated carbocycles. The number of hydrogen-bond acceptors (Lipinski definition) is 7. The molecular formula is C20H19N7OS. The van der Waals surface area contributed by atoms with Gasteiger partial charge in [-0.2, -0.15) is 0 Å². The second-order valence-electron chi connectivity index (χ2n) is 6.53. The number of carbonyl (C=O) groups is 1. The van der Waals surface area contributed by atoms with Crippen molar-refractivity contribution in [1.82, 2.24) is 35.5 Å². The molecule has 1 amide bonds. The summed E-state index contributed by atoms with van der Waals surface area (Å²) < 4.78 is 1.49. The van der Waals surface area contributed by atoms with Crippen LogP contribution in [0.15, 0.2) is 66.6 Å². The molecule has 8 nitrogen and oxygen atoms in total. The zero-order chi connectivity index (χ0) is 20.1. The second-order valence-corrected chi connectivity index (χ2v) is 7.42. The number of nitrogens with one attached hydrogen (secondary N) is 1. The van der Waals surface area contributed by atoms with E-state index in [1.807, 2.05) is 54.8 Å². The van der Waals surface area contributed by atoms with Crippen LogP contribution in [0.1, 0.15) is 29.6 Å². The van der Waals surface area contributed by atoms with E-state index in [-0.39, 0.29) is 11.9 Å². The van der Waals surface area contributed by atoms with Gasteiger partial charge in [-0.25, -0.2) is 9.67 Å². The third kappa shape index (κ3) is 4.52. The van der Waals surface area contributed by atoms with Gasteiger partial charge in [0.25, 0.3) is 0 Å². The topological polar surface area (TPSA) is 98.5 Å². The molecule has 3 heterocycles. The van der Waals surface area contributed by atoms with Gasteiger partial charge in [-0.05, 0) is 35.0 Å². The van der Waals surface area contributed by atoms with Gasteiger partial charge in [0.05, 0.1) is 11.7 Å². The number of benzene rings is 1. The van der Waals surface area contributed by atoms with Crippen LogP contribution in [0.25, 0.3) is 11.3 Å². The van der Waals surface area contributed by atoms with E-state index < -0.39 is 6.04 Å². The third-order valence-electron chi connectivity index (χ3n) is 4.49. The maximum atomic E-state index is 13.0. The lowest BCUT2D eigenvalue weighted by Gasteiger charge is -2.19. The average molecular weight is 405 g/mol. The van der Waals surface area contributed by atoms with Crippen LogP contribution in [0.2, 0.25) is 0 Å². The fraction of sp³-hybridized carbons (Fsp3) is 0.200. The number of amides is 1. The SMILES string of the molecule is CC(NC(=O)C(Cc1ccccc1)n1cnnn1)c1nc(-c2ccncc2)cs1. The summed E-state index contributed by atoms with van der Waals surface area (Å²) in [6, 6.07) is 12.8. The van der Waals surface area contributed by atoms with E-state index in [1.165, 1.54) is 22.3 Å². The Kier molecular flexibility index (Phi) is 5.66. The van der Waals surface area contributed by atoms with E-state index in [0.717, 1.165) is 21.8 Å². The molecule has 146 valence electrons. The molecule has 0 radical (unpaired) electrons. The number of rotatable bonds is 7. The summed E-state index contributed by atoms with van der Waals surface area (Å²) in [7, 11) is 0. The first-order chi connectivity index (χ1) is 14.2. The molecule has 3 aromatic heterocycles. The van der Waals surface area contributed by atoms with Crippen molar-refractivity contribution in [2.24, 2.45) is 0 Å². The van der Waals surface area contributed by atoms with Crippen molar-refractivity contribution in [3.8, 4) is 11.3 Å². The van der Waals surface area contributed by atoms with Crippen LogP contribution in [-0.4, -0.2) is 36.1 Å². The van der Waals surface area contributed by atoms with Gasteiger partial charge in [0, 0.05) is 29.8 Å². The summed E-state index contributed by atoms with van der Waals surface area (Å²) in [5.74, 6) is -0.158. The smallest absolute Gasteiger partial charge is 0.245 e. The Morgan fingerprint density at radius 1 is 1.17 bits per heavy atom. The largest absolute Gasteiger partial charge is 0.345 e. The molecule has 9 heteroatoms. The number of tetrazole rings is 1. The lowest BCUT2D eigenvalue weighted by atomic mass is 10.1. The van der Waals surface area contributed by atoms with Crippen LogP contribution in [0, 0.1) is 0 Å². The minimum Gasteiger partial charge on any atom is -0.345 e.